The van der Waals surface area contributed by atoms with Crippen molar-refractivity contribution in [3.05, 3.63) is 85.5 Å². The van der Waals surface area contributed by atoms with Gasteiger partial charge < -0.3 is 14.6 Å². The molecule has 2 heterocycles. The SMILES string of the molecule is COc1c(Cl)cc(Cl)cc1/C(O)=C1/C(=O)C(=O)N(c2ccc(CC(=O)OC(C)C)cc2)C1c1cccs1. The predicted molar refractivity (Wildman–Crippen MR) is 143 cm³/mol. The highest BCUT2D eigenvalue weighted by Crippen LogP contribution is 2.45. The number of rotatable bonds is 7. The standard InChI is InChI=1S/C27H23Cl2NO6S/c1-14(2)36-21(31)11-15-6-8-17(9-7-15)30-23(20-5-4-10-37-20)22(25(33)27(30)34)24(32)18-12-16(28)13-19(29)26(18)35-3/h4-10,12-14,23,32H,11H2,1-3H3/b24-22-. The van der Waals surface area contributed by atoms with Gasteiger partial charge >= 0.3 is 5.97 Å². The second-order valence-corrected chi connectivity index (χ2v) is 10.4. The lowest BCUT2D eigenvalue weighted by molar-refractivity contribution is -0.146. The minimum absolute atomic E-state index is 0.0704. The molecule has 2 aromatic carbocycles. The molecule has 3 aromatic rings. The molecular weight excluding hydrogens is 537 g/mol. The van der Waals surface area contributed by atoms with E-state index in [1.165, 1.54) is 35.5 Å². The van der Waals surface area contributed by atoms with Crippen LogP contribution in [0.1, 0.15) is 35.9 Å². The number of carbonyl (C=O) groups is 3. The van der Waals surface area contributed by atoms with E-state index in [2.05, 4.69) is 0 Å². The van der Waals surface area contributed by atoms with Gasteiger partial charge in [-0.25, -0.2) is 0 Å². The Kier molecular flexibility index (Phi) is 7.92. The van der Waals surface area contributed by atoms with Gasteiger partial charge in [0.25, 0.3) is 11.7 Å². The Bertz CT molecular complexity index is 1380. The summed E-state index contributed by atoms with van der Waals surface area (Å²) < 4.78 is 10.5. The first kappa shape index (κ1) is 26.7. The average Bonchev–Trinajstić information content (AvgIpc) is 3.45. The van der Waals surface area contributed by atoms with Crippen molar-refractivity contribution in [2.75, 3.05) is 12.0 Å². The monoisotopic (exact) mass is 559 g/mol. The van der Waals surface area contributed by atoms with Crippen molar-refractivity contribution in [1.82, 2.24) is 0 Å². The van der Waals surface area contributed by atoms with Crippen LogP contribution in [-0.2, 0) is 25.5 Å². The third-order valence-electron chi connectivity index (χ3n) is 5.65. The number of aliphatic hydroxyl groups is 1. The number of esters is 1. The first-order valence-electron chi connectivity index (χ1n) is 11.3. The number of amides is 1. The number of Topliss-reactive ketones (excluding diaryl/α,β-unsaturated/α-hetero) is 1. The molecule has 0 saturated carbocycles. The second-order valence-electron chi connectivity index (χ2n) is 8.53. The van der Waals surface area contributed by atoms with Crippen molar-refractivity contribution in [2.24, 2.45) is 0 Å². The third kappa shape index (κ3) is 5.37. The minimum atomic E-state index is -0.904. The first-order valence-corrected chi connectivity index (χ1v) is 12.9. The summed E-state index contributed by atoms with van der Waals surface area (Å²) in [4.78, 5) is 40.6. The lowest BCUT2D eigenvalue weighted by atomic mass is 9.99. The van der Waals surface area contributed by atoms with E-state index in [1.807, 2.05) is 5.38 Å². The number of nitrogens with zero attached hydrogens (tertiary/aromatic N) is 1. The molecule has 10 heteroatoms. The van der Waals surface area contributed by atoms with Gasteiger partial charge in [-0.05, 0) is 55.1 Å². The molecule has 37 heavy (non-hydrogen) atoms. The average molecular weight is 560 g/mol. The number of carbonyl (C=O) groups excluding carboxylic acids is 3. The molecule has 4 rings (SSSR count). The number of thiophene rings is 1. The fourth-order valence-corrected chi connectivity index (χ4v) is 5.54. The van der Waals surface area contributed by atoms with Gasteiger partial charge in [0.1, 0.15) is 17.6 Å². The summed E-state index contributed by atoms with van der Waals surface area (Å²) in [6.07, 6.45) is -0.154. The molecule has 0 spiro atoms. The first-order chi connectivity index (χ1) is 17.6. The van der Waals surface area contributed by atoms with Crippen LogP contribution < -0.4 is 9.64 Å². The summed E-state index contributed by atoms with van der Waals surface area (Å²) in [5.41, 5.74) is 1.10. The Morgan fingerprint density at radius 2 is 1.84 bits per heavy atom. The number of hydrogen-bond donors (Lipinski definition) is 1. The minimum Gasteiger partial charge on any atom is -0.507 e. The quantitative estimate of drug-likeness (QED) is 0.161. The Labute approximate surface area is 227 Å². The topological polar surface area (TPSA) is 93.1 Å². The molecule has 1 N–H and O–H groups in total. The van der Waals surface area contributed by atoms with Crippen LogP contribution in [0.5, 0.6) is 5.75 Å². The van der Waals surface area contributed by atoms with Crippen LogP contribution in [-0.4, -0.2) is 36.0 Å². The second kappa shape index (κ2) is 11.0. The van der Waals surface area contributed by atoms with E-state index in [4.69, 9.17) is 32.7 Å². The lowest BCUT2D eigenvalue weighted by Crippen LogP contribution is -2.29. The fraction of sp³-hybridized carbons (Fsp3) is 0.222. The zero-order chi connectivity index (χ0) is 26.9. The van der Waals surface area contributed by atoms with Crippen LogP contribution in [0.2, 0.25) is 10.0 Å². The van der Waals surface area contributed by atoms with Gasteiger partial charge in [0.2, 0.25) is 0 Å². The highest BCUT2D eigenvalue weighted by molar-refractivity contribution is 7.10. The molecule has 1 unspecified atom stereocenters. The number of benzene rings is 2. The van der Waals surface area contributed by atoms with E-state index in [1.54, 1.807) is 50.2 Å². The summed E-state index contributed by atoms with van der Waals surface area (Å²) in [5, 5.41) is 13.5. The Balaban J connectivity index is 1.80. The van der Waals surface area contributed by atoms with Crippen LogP contribution in [0.4, 0.5) is 5.69 Å². The number of hydrogen-bond acceptors (Lipinski definition) is 7. The molecule has 0 radical (unpaired) electrons. The Morgan fingerprint density at radius 3 is 2.43 bits per heavy atom. The van der Waals surface area contributed by atoms with E-state index >= 15 is 0 Å². The van der Waals surface area contributed by atoms with E-state index < -0.39 is 23.5 Å². The third-order valence-corrected chi connectivity index (χ3v) is 7.08. The van der Waals surface area contributed by atoms with Gasteiger partial charge in [0, 0.05) is 15.6 Å². The molecule has 1 saturated heterocycles. The molecule has 1 amide bonds. The molecule has 1 atom stereocenters. The molecule has 1 aliphatic rings. The molecule has 192 valence electrons. The number of halogens is 2. The van der Waals surface area contributed by atoms with Gasteiger partial charge in [-0.1, -0.05) is 41.4 Å². The predicted octanol–water partition coefficient (Wildman–Crippen LogP) is 6.18. The highest BCUT2D eigenvalue weighted by atomic mass is 35.5. The summed E-state index contributed by atoms with van der Waals surface area (Å²) in [6.45, 7) is 3.55. The van der Waals surface area contributed by atoms with E-state index in [0.29, 0.717) is 16.1 Å². The van der Waals surface area contributed by atoms with Gasteiger partial charge in [-0.2, -0.15) is 0 Å². The Hall–Kier alpha value is -3.33. The van der Waals surface area contributed by atoms with E-state index in [0.717, 1.165) is 0 Å². The smallest absolute Gasteiger partial charge is 0.310 e. The molecule has 0 bridgehead atoms. The van der Waals surface area contributed by atoms with Gasteiger partial charge in [0.15, 0.2) is 0 Å². The van der Waals surface area contributed by atoms with Gasteiger partial charge in [0.05, 0.1) is 35.8 Å². The summed E-state index contributed by atoms with van der Waals surface area (Å²) in [6, 6.07) is 12.2. The van der Waals surface area contributed by atoms with E-state index in [9.17, 15) is 19.5 Å². The molecule has 7 nitrogen and oxygen atoms in total. The van der Waals surface area contributed by atoms with Crippen LogP contribution in [0, 0.1) is 0 Å². The molecule has 1 fully saturated rings. The number of anilines is 1. The van der Waals surface area contributed by atoms with Crippen LogP contribution in [0.25, 0.3) is 5.76 Å². The number of methoxy groups -OCH3 is 1. The normalized spacial score (nSPS) is 16.9. The van der Waals surface area contributed by atoms with Crippen LogP contribution in [0.15, 0.2) is 59.5 Å². The van der Waals surface area contributed by atoms with Crippen molar-refractivity contribution in [3.8, 4) is 5.75 Å². The van der Waals surface area contributed by atoms with Crippen molar-refractivity contribution < 1.29 is 29.0 Å². The maximum Gasteiger partial charge on any atom is 0.310 e. The molecule has 1 aromatic heterocycles. The van der Waals surface area contributed by atoms with Gasteiger partial charge in [-0.3, -0.25) is 19.3 Å². The maximum absolute atomic E-state index is 13.3. The van der Waals surface area contributed by atoms with Gasteiger partial charge in [-0.15, -0.1) is 11.3 Å². The Morgan fingerprint density at radius 1 is 1.14 bits per heavy atom. The van der Waals surface area contributed by atoms with Crippen molar-refractivity contribution in [2.45, 2.75) is 32.4 Å². The largest absolute Gasteiger partial charge is 0.507 e. The zero-order valence-electron chi connectivity index (χ0n) is 20.2. The highest BCUT2D eigenvalue weighted by Gasteiger charge is 2.47. The number of ketones is 1. The van der Waals surface area contributed by atoms with Crippen molar-refractivity contribution in [1.29, 1.82) is 0 Å². The maximum atomic E-state index is 13.3. The molecule has 0 aliphatic carbocycles. The fourth-order valence-electron chi connectivity index (χ4n) is 4.15. The zero-order valence-corrected chi connectivity index (χ0v) is 22.5. The van der Waals surface area contributed by atoms with Crippen molar-refractivity contribution in [3.63, 3.8) is 0 Å². The summed E-state index contributed by atoms with van der Waals surface area (Å²) >= 11 is 13.8. The van der Waals surface area contributed by atoms with Crippen LogP contribution in [0.3, 0.4) is 0 Å². The lowest BCUT2D eigenvalue weighted by Gasteiger charge is -2.24. The number of aliphatic hydroxyl groups excluding tert-OH is 1. The summed E-state index contributed by atoms with van der Waals surface area (Å²) in [5.74, 6) is -2.36. The number of ether oxygens (including phenoxy) is 2. The van der Waals surface area contributed by atoms with Crippen molar-refractivity contribution >= 4 is 63.6 Å². The molecule has 1 aliphatic heterocycles. The van der Waals surface area contributed by atoms with E-state index in [-0.39, 0.29) is 45.4 Å². The molecular formula is C27H23Cl2NO6S. The van der Waals surface area contributed by atoms with Crippen LogP contribution >= 0.6 is 34.5 Å². The summed E-state index contributed by atoms with van der Waals surface area (Å²) in [7, 11) is 1.37.